The number of halogens is 1. The van der Waals surface area contributed by atoms with E-state index in [0.29, 0.717) is 49.2 Å². The Morgan fingerprint density at radius 1 is 1.22 bits per heavy atom. The minimum atomic E-state index is -0.223. The summed E-state index contributed by atoms with van der Waals surface area (Å²) in [6.07, 6.45) is 2.68. The number of hydrogen-bond donors (Lipinski definition) is 1. The van der Waals surface area contributed by atoms with Crippen molar-refractivity contribution in [1.82, 2.24) is 10.5 Å². The van der Waals surface area contributed by atoms with Crippen LogP contribution in [0.15, 0.2) is 54.4 Å². The Bertz CT molecular complexity index is 982. The number of allylic oxidation sites excluding steroid dienone is 1. The van der Waals surface area contributed by atoms with Crippen molar-refractivity contribution >= 4 is 23.3 Å². The lowest BCUT2D eigenvalue weighted by atomic mass is 10.2. The molecule has 2 aliphatic rings. The molecular formula is C23H26ClN3O5. The van der Waals surface area contributed by atoms with E-state index in [0.717, 1.165) is 17.1 Å². The molecule has 2 heterocycles. The van der Waals surface area contributed by atoms with Gasteiger partial charge in [0.25, 0.3) is 0 Å². The van der Waals surface area contributed by atoms with Crippen LogP contribution in [0.2, 0.25) is 5.02 Å². The molecule has 0 bridgehead atoms. The van der Waals surface area contributed by atoms with Crippen LogP contribution in [0.3, 0.4) is 0 Å². The molecule has 32 heavy (non-hydrogen) atoms. The minimum Gasteiger partial charge on any atom is -0.490 e. The molecule has 0 unspecified atom stereocenters. The molecular weight excluding hydrogens is 434 g/mol. The molecule has 0 aromatic heterocycles. The van der Waals surface area contributed by atoms with Crippen LogP contribution in [-0.4, -0.2) is 44.0 Å². The molecule has 4 rings (SSSR count). The third-order valence-corrected chi connectivity index (χ3v) is 5.27. The largest absolute Gasteiger partial charge is 0.490 e. The van der Waals surface area contributed by atoms with Crippen LogP contribution in [0.5, 0.6) is 17.2 Å². The van der Waals surface area contributed by atoms with Crippen molar-refractivity contribution in [2.75, 3.05) is 31.9 Å². The third kappa shape index (κ3) is 5.38. The molecule has 0 radical (unpaired) electrons. The maximum atomic E-state index is 11.6. The molecule has 170 valence electrons. The van der Waals surface area contributed by atoms with Gasteiger partial charge < -0.3 is 18.9 Å². The first kappa shape index (κ1) is 22.1. The van der Waals surface area contributed by atoms with Gasteiger partial charge in [0, 0.05) is 36.5 Å². The molecule has 2 aromatic rings. The molecule has 0 fully saturated rings. The SMILES string of the molecule is CCOC(=O)CCC1=CN(c2ccc(OC[C@H]3COc4ccc(Cl)cc4O3)cc2)NN1C. The number of benzene rings is 2. The van der Waals surface area contributed by atoms with E-state index in [1.54, 1.807) is 25.1 Å². The summed E-state index contributed by atoms with van der Waals surface area (Å²) in [5.74, 6) is 1.85. The van der Waals surface area contributed by atoms with E-state index in [4.69, 9.17) is 30.5 Å². The zero-order chi connectivity index (χ0) is 22.5. The van der Waals surface area contributed by atoms with Gasteiger partial charge in [0.1, 0.15) is 19.0 Å². The van der Waals surface area contributed by atoms with Crippen LogP contribution in [0.4, 0.5) is 5.69 Å². The second kappa shape index (κ2) is 10.0. The summed E-state index contributed by atoms with van der Waals surface area (Å²) in [5.41, 5.74) is 5.16. The fraction of sp³-hybridized carbons (Fsp3) is 0.348. The Balaban J connectivity index is 1.29. The molecule has 8 nitrogen and oxygen atoms in total. The fourth-order valence-corrected chi connectivity index (χ4v) is 3.54. The van der Waals surface area contributed by atoms with E-state index < -0.39 is 0 Å². The van der Waals surface area contributed by atoms with E-state index >= 15 is 0 Å². The maximum absolute atomic E-state index is 11.6. The minimum absolute atomic E-state index is 0.194. The first-order valence-electron chi connectivity index (χ1n) is 10.5. The highest BCUT2D eigenvalue weighted by atomic mass is 35.5. The topological polar surface area (TPSA) is 72.5 Å². The Labute approximate surface area is 192 Å². The number of ether oxygens (including phenoxy) is 4. The number of nitrogens with one attached hydrogen (secondary N) is 1. The van der Waals surface area contributed by atoms with Crippen LogP contribution in [0.25, 0.3) is 0 Å². The number of esters is 1. The number of carbonyl (C=O) groups is 1. The predicted octanol–water partition coefficient (Wildman–Crippen LogP) is 3.91. The maximum Gasteiger partial charge on any atom is 0.306 e. The average Bonchev–Trinajstić information content (AvgIpc) is 3.17. The zero-order valence-electron chi connectivity index (χ0n) is 18.0. The molecule has 0 saturated heterocycles. The van der Waals surface area contributed by atoms with Crippen molar-refractivity contribution < 1.29 is 23.7 Å². The molecule has 2 aromatic carbocycles. The second-order valence-electron chi connectivity index (χ2n) is 7.40. The van der Waals surface area contributed by atoms with Gasteiger partial charge in [0.2, 0.25) is 0 Å². The Morgan fingerprint density at radius 2 is 2.03 bits per heavy atom. The zero-order valence-corrected chi connectivity index (χ0v) is 18.8. The van der Waals surface area contributed by atoms with Crippen molar-refractivity contribution in [1.29, 1.82) is 0 Å². The molecule has 1 atom stereocenters. The van der Waals surface area contributed by atoms with Gasteiger partial charge in [-0.25, -0.2) is 0 Å². The van der Waals surface area contributed by atoms with E-state index in [9.17, 15) is 4.79 Å². The summed E-state index contributed by atoms with van der Waals surface area (Å²) in [5, 5.41) is 4.38. The number of carbonyl (C=O) groups excluding carboxylic acids is 1. The molecule has 9 heteroatoms. The number of fused-ring (bicyclic) bond motifs is 1. The van der Waals surface area contributed by atoms with Crippen LogP contribution in [-0.2, 0) is 9.53 Å². The third-order valence-electron chi connectivity index (χ3n) is 5.03. The van der Waals surface area contributed by atoms with Gasteiger partial charge in [-0.1, -0.05) is 11.6 Å². The second-order valence-corrected chi connectivity index (χ2v) is 7.84. The van der Waals surface area contributed by atoms with Crippen molar-refractivity contribution in [2.24, 2.45) is 0 Å². The van der Waals surface area contributed by atoms with Gasteiger partial charge in [0.05, 0.1) is 18.7 Å². The van der Waals surface area contributed by atoms with E-state index in [2.05, 4.69) is 5.53 Å². The Morgan fingerprint density at radius 3 is 2.81 bits per heavy atom. The summed E-state index contributed by atoms with van der Waals surface area (Å²) in [6.45, 7) is 2.97. The summed E-state index contributed by atoms with van der Waals surface area (Å²) in [4.78, 5) is 11.6. The highest BCUT2D eigenvalue weighted by Crippen LogP contribution is 2.34. The molecule has 0 spiro atoms. The molecule has 0 aliphatic carbocycles. The lowest BCUT2D eigenvalue weighted by Crippen LogP contribution is -2.38. The van der Waals surface area contributed by atoms with E-state index in [-0.39, 0.29) is 12.1 Å². The quantitative estimate of drug-likeness (QED) is 0.596. The molecule has 2 aliphatic heterocycles. The summed E-state index contributed by atoms with van der Waals surface area (Å²) >= 11 is 6.02. The number of nitrogens with zero attached hydrogens (tertiary/aromatic N) is 2. The molecule has 1 N–H and O–H groups in total. The Hall–Kier alpha value is -3.10. The predicted molar refractivity (Wildman–Crippen MR) is 121 cm³/mol. The van der Waals surface area contributed by atoms with Crippen LogP contribution < -0.4 is 24.8 Å². The number of anilines is 1. The number of hydrogen-bond acceptors (Lipinski definition) is 8. The first-order chi connectivity index (χ1) is 15.5. The smallest absolute Gasteiger partial charge is 0.306 e. The van der Waals surface area contributed by atoms with Gasteiger partial charge in [-0.2, -0.15) is 0 Å². The average molecular weight is 460 g/mol. The van der Waals surface area contributed by atoms with E-state index in [1.165, 1.54) is 0 Å². The first-order valence-corrected chi connectivity index (χ1v) is 10.9. The van der Waals surface area contributed by atoms with Gasteiger partial charge in [-0.3, -0.25) is 14.8 Å². The highest BCUT2D eigenvalue weighted by molar-refractivity contribution is 6.30. The summed E-state index contributed by atoms with van der Waals surface area (Å²) in [6, 6.07) is 13.0. The standard InChI is InChI=1S/C23H26ClN3O5/c1-3-29-23(28)11-7-18-13-27(25-26(18)2)17-5-8-19(9-6-17)30-14-20-15-31-21-10-4-16(24)12-22(21)32-20/h4-6,8-10,12-13,20,25H,3,7,11,14-15H2,1-2H3/t20-/m0/s1. The molecule has 0 amide bonds. The van der Waals surface area contributed by atoms with Crippen molar-refractivity contribution in [3.63, 3.8) is 0 Å². The lowest BCUT2D eigenvalue weighted by molar-refractivity contribution is -0.143. The molecule has 0 saturated carbocycles. The van der Waals surface area contributed by atoms with Crippen LogP contribution >= 0.6 is 11.6 Å². The number of hydrazine groups is 2. The van der Waals surface area contributed by atoms with Crippen molar-refractivity contribution in [3.05, 3.63) is 59.4 Å². The van der Waals surface area contributed by atoms with Crippen molar-refractivity contribution in [2.45, 2.75) is 25.9 Å². The van der Waals surface area contributed by atoms with Crippen LogP contribution in [0, 0.1) is 0 Å². The Kier molecular flexibility index (Phi) is 6.92. The number of rotatable bonds is 8. The highest BCUT2D eigenvalue weighted by Gasteiger charge is 2.22. The van der Waals surface area contributed by atoms with Gasteiger partial charge >= 0.3 is 5.97 Å². The van der Waals surface area contributed by atoms with Gasteiger partial charge in [-0.05, 0) is 43.3 Å². The van der Waals surface area contributed by atoms with Crippen LogP contribution in [0.1, 0.15) is 19.8 Å². The fourth-order valence-electron chi connectivity index (χ4n) is 3.38. The lowest BCUT2D eigenvalue weighted by Gasteiger charge is -2.26. The normalized spacial score (nSPS) is 17.2. The summed E-state index contributed by atoms with van der Waals surface area (Å²) < 4.78 is 22.5. The summed E-state index contributed by atoms with van der Waals surface area (Å²) in [7, 11) is 1.91. The van der Waals surface area contributed by atoms with Gasteiger partial charge in [0.15, 0.2) is 17.6 Å². The van der Waals surface area contributed by atoms with E-state index in [1.807, 2.05) is 47.5 Å². The monoisotopic (exact) mass is 459 g/mol. The van der Waals surface area contributed by atoms with Crippen molar-refractivity contribution in [3.8, 4) is 17.2 Å². The van der Waals surface area contributed by atoms with Gasteiger partial charge in [-0.15, -0.1) is 5.53 Å².